The number of rotatable bonds is 1. The van der Waals surface area contributed by atoms with Gasteiger partial charge in [-0.05, 0) is 12.8 Å². The van der Waals surface area contributed by atoms with Gasteiger partial charge in [-0.25, -0.2) is 9.89 Å². The van der Waals surface area contributed by atoms with Crippen LogP contribution in [0, 0.1) is 0 Å². The van der Waals surface area contributed by atoms with Crippen molar-refractivity contribution in [3.05, 3.63) is 16.8 Å². The molecule has 0 aromatic carbocycles. The van der Waals surface area contributed by atoms with Gasteiger partial charge in [-0.2, -0.15) is 5.10 Å². The van der Waals surface area contributed by atoms with Crippen LogP contribution in [0.25, 0.3) is 0 Å². The normalized spacial score (nSPS) is 25.2. The molecule has 1 saturated carbocycles. The molecule has 3 rings (SSSR count). The molecule has 0 amide bonds. The molecule has 2 aliphatic rings. The summed E-state index contributed by atoms with van der Waals surface area (Å²) in [5.74, 6) is -0.357. The summed E-state index contributed by atoms with van der Waals surface area (Å²) in [6, 6.07) is 0.227. The fourth-order valence-electron chi connectivity index (χ4n) is 2.62. The molecule has 6 nitrogen and oxygen atoms in total. The Morgan fingerprint density at radius 2 is 2.06 bits per heavy atom. The second kappa shape index (κ2) is 3.71. The van der Waals surface area contributed by atoms with Crippen molar-refractivity contribution in [2.45, 2.75) is 37.5 Å². The Bertz CT molecular complexity index is 409. The Morgan fingerprint density at radius 3 is 2.62 bits per heavy atom. The van der Waals surface area contributed by atoms with Crippen LogP contribution in [0.2, 0.25) is 0 Å². The molecule has 1 saturated heterocycles. The van der Waals surface area contributed by atoms with E-state index in [-0.39, 0.29) is 17.5 Å². The van der Waals surface area contributed by atoms with E-state index in [0.717, 1.165) is 25.7 Å². The van der Waals surface area contributed by atoms with Gasteiger partial charge in [0, 0.05) is 18.9 Å². The average molecular weight is 225 g/mol. The zero-order valence-electron chi connectivity index (χ0n) is 9.02. The predicted octanol–water partition coefficient (Wildman–Crippen LogP) is 0.430. The van der Waals surface area contributed by atoms with Crippen LogP contribution in [0.5, 0.6) is 0 Å². The number of H-pyrrole nitrogens is 1. The van der Waals surface area contributed by atoms with Crippen LogP contribution in [-0.4, -0.2) is 33.8 Å². The topological polar surface area (TPSA) is 69.1 Å². The zero-order valence-corrected chi connectivity index (χ0v) is 9.02. The molecule has 0 unspecified atom stereocenters. The molecule has 1 spiro atoms. The molecule has 0 bridgehead atoms. The Labute approximate surface area is 92.6 Å². The number of ether oxygens (including phenoxy) is 2. The van der Waals surface area contributed by atoms with Crippen LogP contribution >= 0.6 is 0 Å². The first kappa shape index (κ1) is 10.0. The van der Waals surface area contributed by atoms with E-state index >= 15 is 0 Å². The van der Waals surface area contributed by atoms with Crippen molar-refractivity contribution >= 4 is 0 Å². The summed E-state index contributed by atoms with van der Waals surface area (Å²) in [6.07, 6.45) is 5.09. The second-order valence-corrected chi connectivity index (χ2v) is 4.41. The van der Waals surface area contributed by atoms with E-state index in [4.69, 9.17) is 9.47 Å². The molecule has 1 aromatic heterocycles. The fraction of sp³-hybridized carbons (Fsp3) is 0.800. The van der Waals surface area contributed by atoms with E-state index in [0.29, 0.717) is 13.2 Å². The molecule has 16 heavy (non-hydrogen) atoms. The smallest absolute Gasteiger partial charge is 0.343 e. The summed E-state index contributed by atoms with van der Waals surface area (Å²) in [6.45, 7) is 1.38. The van der Waals surface area contributed by atoms with Gasteiger partial charge in [0.2, 0.25) is 0 Å². The molecule has 1 aliphatic carbocycles. The van der Waals surface area contributed by atoms with Crippen molar-refractivity contribution in [3.8, 4) is 0 Å². The van der Waals surface area contributed by atoms with Gasteiger partial charge in [-0.1, -0.05) is 0 Å². The highest BCUT2D eigenvalue weighted by Gasteiger charge is 2.40. The lowest BCUT2D eigenvalue weighted by molar-refractivity contribution is -0.181. The standard InChI is InChI=1S/C10H15N3O3/c14-9-12-11-7-13(9)8-1-3-10(4-2-8)15-5-6-16-10/h7-8H,1-6H2,(H,12,14). The molecule has 2 heterocycles. The minimum absolute atomic E-state index is 0.130. The minimum atomic E-state index is -0.357. The summed E-state index contributed by atoms with van der Waals surface area (Å²) in [7, 11) is 0. The first-order valence-electron chi connectivity index (χ1n) is 5.69. The van der Waals surface area contributed by atoms with E-state index < -0.39 is 0 Å². The van der Waals surface area contributed by atoms with Crippen molar-refractivity contribution in [1.82, 2.24) is 14.8 Å². The third-order valence-electron chi connectivity index (χ3n) is 3.50. The second-order valence-electron chi connectivity index (χ2n) is 4.41. The fourth-order valence-corrected chi connectivity index (χ4v) is 2.62. The summed E-state index contributed by atoms with van der Waals surface area (Å²) in [5, 5.41) is 6.17. The Hall–Kier alpha value is -1.14. The minimum Gasteiger partial charge on any atom is -0.348 e. The summed E-state index contributed by atoms with van der Waals surface area (Å²) in [4.78, 5) is 11.4. The molecule has 2 fully saturated rings. The lowest BCUT2D eigenvalue weighted by Crippen LogP contribution is -2.37. The van der Waals surface area contributed by atoms with Crippen molar-refractivity contribution in [2.75, 3.05) is 13.2 Å². The molecule has 1 aliphatic heterocycles. The largest absolute Gasteiger partial charge is 0.348 e. The SMILES string of the molecule is O=c1[nH]ncn1C1CCC2(CC1)OCCO2. The number of aromatic amines is 1. The van der Waals surface area contributed by atoms with Gasteiger partial charge in [0.05, 0.1) is 13.2 Å². The predicted molar refractivity (Wildman–Crippen MR) is 55.0 cm³/mol. The highest BCUT2D eigenvalue weighted by molar-refractivity contribution is 4.86. The zero-order chi connectivity index (χ0) is 11.0. The lowest BCUT2D eigenvalue weighted by atomic mass is 9.90. The van der Waals surface area contributed by atoms with Crippen molar-refractivity contribution < 1.29 is 9.47 Å². The van der Waals surface area contributed by atoms with Crippen LogP contribution in [0.4, 0.5) is 0 Å². The lowest BCUT2D eigenvalue weighted by Gasteiger charge is -2.35. The molecule has 1 N–H and O–H groups in total. The van der Waals surface area contributed by atoms with E-state index in [1.54, 1.807) is 10.9 Å². The first-order valence-corrected chi connectivity index (χ1v) is 5.69. The van der Waals surface area contributed by atoms with Crippen LogP contribution in [0.15, 0.2) is 11.1 Å². The third-order valence-corrected chi connectivity index (χ3v) is 3.50. The maximum Gasteiger partial charge on any atom is 0.343 e. The van der Waals surface area contributed by atoms with Gasteiger partial charge in [0.1, 0.15) is 6.33 Å². The van der Waals surface area contributed by atoms with Gasteiger partial charge in [0.15, 0.2) is 5.79 Å². The summed E-state index contributed by atoms with van der Waals surface area (Å²) >= 11 is 0. The Balaban J connectivity index is 1.71. The Morgan fingerprint density at radius 1 is 1.38 bits per heavy atom. The molecular weight excluding hydrogens is 210 g/mol. The van der Waals surface area contributed by atoms with Gasteiger partial charge in [0.25, 0.3) is 0 Å². The molecule has 0 atom stereocenters. The number of hydrogen-bond acceptors (Lipinski definition) is 4. The summed E-state index contributed by atoms with van der Waals surface area (Å²) < 4.78 is 13.0. The highest BCUT2D eigenvalue weighted by Crippen LogP contribution is 2.39. The molecule has 88 valence electrons. The van der Waals surface area contributed by atoms with Gasteiger partial charge < -0.3 is 9.47 Å². The molecule has 6 heteroatoms. The highest BCUT2D eigenvalue weighted by atomic mass is 16.7. The van der Waals surface area contributed by atoms with Crippen molar-refractivity contribution in [2.24, 2.45) is 0 Å². The van der Waals surface area contributed by atoms with Crippen LogP contribution in [0.3, 0.4) is 0 Å². The van der Waals surface area contributed by atoms with Crippen LogP contribution in [0.1, 0.15) is 31.7 Å². The van der Waals surface area contributed by atoms with Gasteiger partial charge in [-0.15, -0.1) is 0 Å². The third kappa shape index (κ3) is 1.58. The van der Waals surface area contributed by atoms with Gasteiger partial charge >= 0.3 is 5.69 Å². The number of nitrogens with zero attached hydrogens (tertiary/aromatic N) is 2. The molecule has 0 radical (unpaired) electrons. The maximum absolute atomic E-state index is 11.4. The van der Waals surface area contributed by atoms with E-state index in [1.165, 1.54) is 0 Å². The van der Waals surface area contributed by atoms with Gasteiger partial charge in [-0.3, -0.25) is 4.57 Å². The average Bonchev–Trinajstić information content (AvgIpc) is 2.90. The number of aromatic nitrogens is 3. The van der Waals surface area contributed by atoms with Crippen molar-refractivity contribution in [3.63, 3.8) is 0 Å². The quantitative estimate of drug-likeness (QED) is 0.752. The number of nitrogens with one attached hydrogen (secondary N) is 1. The van der Waals surface area contributed by atoms with Crippen LogP contribution in [-0.2, 0) is 9.47 Å². The van der Waals surface area contributed by atoms with E-state index in [1.807, 2.05) is 0 Å². The summed E-state index contributed by atoms with van der Waals surface area (Å²) in [5.41, 5.74) is -0.130. The monoisotopic (exact) mass is 225 g/mol. The van der Waals surface area contributed by atoms with E-state index in [2.05, 4.69) is 10.2 Å². The van der Waals surface area contributed by atoms with Crippen LogP contribution < -0.4 is 5.69 Å². The maximum atomic E-state index is 11.4. The molecular formula is C10H15N3O3. The van der Waals surface area contributed by atoms with E-state index in [9.17, 15) is 4.79 Å². The Kier molecular flexibility index (Phi) is 2.33. The van der Waals surface area contributed by atoms with Crippen molar-refractivity contribution in [1.29, 1.82) is 0 Å². The molecule has 1 aromatic rings. The first-order chi connectivity index (χ1) is 7.79. The number of hydrogen-bond donors (Lipinski definition) is 1.